The van der Waals surface area contributed by atoms with Gasteiger partial charge >= 0.3 is 0 Å². The topological polar surface area (TPSA) is 78.3 Å². The van der Waals surface area contributed by atoms with Crippen LogP contribution in [0.3, 0.4) is 0 Å². The number of rotatable bonds is 9. The summed E-state index contributed by atoms with van der Waals surface area (Å²) < 4.78 is 12.7. The number of aromatic nitrogens is 3. The summed E-state index contributed by atoms with van der Waals surface area (Å²) in [5.74, 6) is 1.98. The Morgan fingerprint density at radius 3 is 2.34 bits per heavy atom. The number of hydrogen-bond donors (Lipinski definition) is 1. The molecule has 1 heterocycles. The molecule has 38 heavy (non-hydrogen) atoms. The van der Waals surface area contributed by atoms with Gasteiger partial charge in [-0.3, -0.25) is 9.36 Å². The van der Waals surface area contributed by atoms with Gasteiger partial charge in [-0.25, -0.2) is 0 Å². The molecule has 4 aromatic rings. The van der Waals surface area contributed by atoms with E-state index in [1.54, 1.807) is 25.3 Å². The van der Waals surface area contributed by atoms with Gasteiger partial charge in [0, 0.05) is 16.9 Å². The lowest BCUT2D eigenvalue weighted by molar-refractivity contribution is -0.113. The molecule has 0 atom stereocenters. The number of nitrogens with zero attached hydrogens (tertiary/aromatic N) is 3. The highest BCUT2D eigenvalue weighted by Crippen LogP contribution is 2.31. The van der Waals surface area contributed by atoms with Gasteiger partial charge in [0.2, 0.25) is 5.91 Å². The molecule has 3 aromatic carbocycles. The molecular formula is C29H31ClN4O3S. The van der Waals surface area contributed by atoms with Crippen molar-refractivity contribution in [1.82, 2.24) is 14.8 Å². The second-order valence-electron chi connectivity index (χ2n) is 9.58. The Morgan fingerprint density at radius 2 is 1.74 bits per heavy atom. The van der Waals surface area contributed by atoms with Crippen molar-refractivity contribution >= 4 is 35.0 Å². The number of carbonyl (C=O) groups is 1. The van der Waals surface area contributed by atoms with Crippen molar-refractivity contribution in [2.24, 2.45) is 0 Å². The van der Waals surface area contributed by atoms with Crippen molar-refractivity contribution < 1.29 is 14.3 Å². The van der Waals surface area contributed by atoms with E-state index in [4.69, 9.17) is 21.1 Å². The van der Waals surface area contributed by atoms with E-state index in [9.17, 15) is 4.79 Å². The Kier molecular flexibility index (Phi) is 8.64. The first kappa shape index (κ1) is 27.5. The third kappa shape index (κ3) is 6.49. The fourth-order valence-electron chi connectivity index (χ4n) is 3.83. The van der Waals surface area contributed by atoms with Gasteiger partial charge in [-0.15, -0.1) is 10.2 Å². The largest absolute Gasteiger partial charge is 0.495 e. The van der Waals surface area contributed by atoms with E-state index in [-0.39, 0.29) is 17.1 Å². The Morgan fingerprint density at radius 1 is 1.03 bits per heavy atom. The second-order valence-corrected chi connectivity index (χ2v) is 10.9. The van der Waals surface area contributed by atoms with E-state index in [2.05, 4.69) is 60.6 Å². The maximum Gasteiger partial charge on any atom is 0.234 e. The summed E-state index contributed by atoms with van der Waals surface area (Å²) in [6, 6.07) is 21.2. The zero-order chi connectivity index (χ0) is 27.3. The highest BCUT2D eigenvalue weighted by atomic mass is 35.5. The van der Waals surface area contributed by atoms with Crippen molar-refractivity contribution in [3.63, 3.8) is 0 Å². The third-order valence-electron chi connectivity index (χ3n) is 5.82. The standard InChI is InChI=1S/C29H31ClN4O3S/c1-6-37-23-14-12-22(13-15-23)34-27(19-7-9-20(10-8-19)29(2,3)4)32-33-28(34)38-18-26(35)31-21-11-16-25(36-5)24(30)17-21/h7-17H,6,18H2,1-5H3,(H,31,35). The van der Waals surface area contributed by atoms with Crippen LogP contribution in [-0.4, -0.2) is 40.1 Å². The van der Waals surface area contributed by atoms with Crippen LogP contribution in [0.15, 0.2) is 71.9 Å². The van der Waals surface area contributed by atoms with Crippen LogP contribution in [0.5, 0.6) is 11.5 Å². The zero-order valence-corrected chi connectivity index (χ0v) is 23.7. The normalized spacial score (nSPS) is 11.3. The lowest BCUT2D eigenvalue weighted by atomic mass is 9.87. The van der Waals surface area contributed by atoms with Gasteiger partial charge in [0.1, 0.15) is 11.5 Å². The van der Waals surface area contributed by atoms with E-state index in [1.807, 2.05) is 35.8 Å². The molecule has 0 aliphatic heterocycles. The Hall–Kier alpha value is -3.49. The van der Waals surface area contributed by atoms with Crippen molar-refractivity contribution in [3.8, 4) is 28.6 Å². The molecule has 198 valence electrons. The molecule has 1 amide bonds. The third-order valence-corrected chi connectivity index (χ3v) is 7.04. The highest BCUT2D eigenvalue weighted by Gasteiger charge is 2.19. The number of anilines is 1. The summed E-state index contributed by atoms with van der Waals surface area (Å²) in [5, 5.41) is 12.8. The fraction of sp³-hybridized carbons (Fsp3) is 0.276. The molecule has 0 bridgehead atoms. The van der Waals surface area contributed by atoms with Gasteiger partial charge in [-0.2, -0.15) is 0 Å². The molecule has 1 aromatic heterocycles. The molecule has 4 rings (SSSR count). The Balaban J connectivity index is 1.60. The minimum Gasteiger partial charge on any atom is -0.495 e. The number of hydrogen-bond acceptors (Lipinski definition) is 6. The zero-order valence-electron chi connectivity index (χ0n) is 22.1. The number of nitrogens with one attached hydrogen (secondary N) is 1. The van der Waals surface area contributed by atoms with E-state index >= 15 is 0 Å². The molecule has 1 N–H and O–H groups in total. The number of ether oxygens (including phenoxy) is 2. The minimum absolute atomic E-state index is 0.0454. The molecular weight excluding hydrogens is 520 g/mol. The Bertz CT molecular complexity index is 1400. The number of benzene rings is 3. The van der Waals surface area contributed by atoms with Crippen LogP contribution in [0.4, 0.5) is 5.69 Å². The summed E-state index contributed by atoms with van der Waals surface area (Å²) >= 11 is 7.50. The van der Waals surface area contributed by atoms with Crippen LogP contribution >= 0.6 is 23.4 Å². The lowest BCUT2D eigenvalue weighted by Crippen LogP contribution is -2.14. The maximum absolute atomic E-state index is 12.7. The van der Waals surface area contributed by atoms with Gasteiger partial charge < -0.3 is 14.8 Å². The number of carbonyl (C=O) groups excluding carboxylic acids is 1. The van der Waals surface area contributed by atoms with Crippen molar-refractivity contribution in [3.05, 3.63) is 77.3 Å². The molecule has 0 aliphatic rings. The molecule has 9 heteroatoms. The monoisotopic (exact) mass is 550 g/mol. The van der Waals surface area contributed by atoms with Crippen LogP contribution < -0.4 is 14.8 Å². The Labute approximate surface area is 232 Å². The molecule has 7 nitrogen and oxygen atoms in total. The molecule has 0 saturated heterocycles. The fourth-order valence-corrected chi connectivity index (χ4v) is 4.84. The van der Waals surface area contributed by atoms with E-state index < -0.39 is 0 Å². The molecule has 0 spiro atoms. The molecule has 0 unspecified atom stereocenters. The van der Waals surface area contributed by atoms with Crippen molar-refractivity contribution in [2.45, 2.75) is 38.3 Å². The average molecular weight is 551 g/mol. The van der Waals surface area contributed by atoms with E-state index in [0.717, 1.165) is 17.0 Å². The maximum atomic E-state index is 12.7. The summed E-state index contributed by atoms with van der Waals surface area (Å²) in [6.45, 7) is 9.10. The van der Waals surface area contributed by atoms with Gasteiger partial charge in [0.15, 0.2) is 11.0 Å². The molecule has 0 fully saturated rings. The van der Waals surface area contributed by atoms with Gasteiger partial charge in [-0.1, -0.05) is 68.4 Å². The van der Waals surface area contributed by atoms with Crippen molar-refractivity contribution in [2.75, 3.05) is 24.8 Å². The number of amides is 1. The summed E-state index contributed by atoms with van der Waals surface area (Å²) in [5.41, 5.74) is 3.68. The summed E-state index contributed by atoms with van der Waals surface area (Å²) in [7, 11) is 1.55. The van der Waals surface area contributed by atoms with Crippen LogP contribution in [-0.2, 0) is 10.2 Å². The van der Waals surface area contributed by atoms with Crippen LogP contribution in [0.2, 0.25) is 5.02 Å². The van der Waals surface area contributed by atoms with Crippen LogP contribution in [0.25, 0.3) is 17.1 Å². The number of methoxy groups -OCH3 is 1. The lowest BCUT2D eigenvalue weighted by Gasteiger charge is -2.19. The number of halogens is 1. The minimum atomic E-state index is -0.187. The van der Waals surface area contributed by atoms with E-state index in [0.29, 0.717) is 34.0 Å². The van der Waals surface area contributed by atoms with Crippen LogP contribution in [0, 0.1) is 0 Å². The van der Waals surface area contributed by atoms with Gasteiger partial charge in [0.05, 0.1) is 24.5 Å². The van der Waals surface area contributed by atoms with Crippen LogP contribution in [0.1, 0.15) is 33.3 Å². The first-order valence-corrected chi connectivity index (χ1v) is 13.6. The highest BCUT2D eigenvalue weighted by molar-refractivity contribution is 7.99. The van der Waals surface area contributed by atoms with Crippen molar-refractivity contribution in [1.29, 1.82) is 0 Å². The summed E-state index contributed by atoms with van der Waals surface area (Å²) in [4.78, 5) is 12.7. The van der Waals surface area contributed by atoms with Gasteiger partial charge in [0.25, 0.3) is 0 Å². The molecule has 0 radical (unpaired) electrons. The quantitative estimate of drug-likeness (QED) is 0.225. The molecule has 0 saturated carbocycles. The predicted octanol–water partition coefficient (Wildman–Crippen LogP) is 7.02. The second kappa shape index (κ2) is 11.9. The molecule has 0 aliphatic carbocycles. The first-order valence-electron chi connectivity index (χ1n) is 12.3. The predicted molar refractivity (Wildman–Crippen MR) is 154 cm³/mol. The first-order chi connectivity index (χ1) is 18.2. The summed E-state index contributed by atoms with van der Waals surface area (Å²) in [6.07, 6.45) is 0. The average Bonchev–Trinajstić information content (AvgIpc) is 3.32. The van der Waals surface area contributed by atoms with Gasteiger partial charge in [-0.05, 0) is 60.4 Å². The smallest absolute Gasteiger partial charge is 0.234 e. The number of thioether (sulfide) groups is 1. The SMILES string of the molecule is CCOc1ccc(-n2c(SCC(=O)Nc3ccc(OC)c(Cl)c3)nnc2-c2ccc(C(C)(C)C)cc2)cc1. The van der Waals surface area contributed by atoms with E-state index in [1.165, 1.54) is 17.3 Å².